The molecular formula is C16H20N2O4. The highest BCUT2D eigenvalue weighted by molar-refractivity contribution is 5.92. The first-order chi connectivity index (χ1) is 10.5. The summed E-state index contributed by atoms with van der Waals surface area (Å²) in [5.41, 5.74) is 3.86. The van der Waals surface area contributed by atoms with Crippen LogP contribution in [0.2, 0.25) is 0 Å². The number of H-pyrrole nitrogens is 2. The van der Waals surface area contributed by atoms with Crippen molar-refractivity contribution in [1.29, 1.82) is 0 Å². The van der Waals surface area contributed by atoms with Gasteiger partial charge in [-0.25, -0.2) is 9.59 Å². The maximum atomic E-state index is 11.8. The first kappa shape index (κ1) is 15.9. The van der Waals surface area contributed by atoms with Crippen molar-refractivity contribution in [3.8, 4) is 11.4 Å². The molecule has 0 atom stereocenters. The molecule has 0 unspecified atom stereocenters. The Morgan fingerprint density at radius 2 is 1.23 bits per heavy atom. The summed E-state index contributed by atoms with van der Waals surface area (Å²) in [7, 11) is 0. The van der Waals surface area contributed by atoms with Crippen molar-refractivity contribution in [2.45, 2.75) is 27.7 Å². The fourth-order valence-corrected chi connectivity index (χ4v) is 2.24. The van der Waals surface area contributed by atoms with Gasteiger partial charge in [0.15, 0.2) is 0 Å². The third-order valence-electron chi connectivity index (χ3n) is 3.28. The van der Waals surface area contributed by atoms with Crippen molar-refractivity contribution in [3.05, 3.63) is 34.6 Å². The fraction of sp³-hybridized carbons (Fsp3) is 0.375. The van der Waals surface area contributed by atoms with Crippen molar-refractivity contribution < 1.29 is 19.1 Å². The van der Waals surface area contributed by atoms with Crippen LogP contribution in [0.15, 0.2) is 12.1 Å². The monoisotopic (exact) mass is 304 g/mol. The predicted octanol–water partition coefficient (Wildman–Crippen LogP) is 2.98. The van der Waals surface area contributed by atoms with Gasteiger partial charge < -0.3 is 19.4 Å². The Hall–Kier alpha value is -2.50. The van der Waals surface area contributed by atoms with E-state index >= 15 is 0 Å². The van der Waals surface area contributed by atoms with E-state index in [0.29, 0.717) is 24.6 Å². The first-order valence-corrected chi connectivity index (χ1v) is 7.21. The molecule has 0 aromatic carbocycles. The van der Waals surface area contributed by atoms with E-state index in [4.69, 9.17) is 9.47 Å². The topological polar surface area (TPSA) is 84.2 Å². The average molecular weight is 304 g/mol. The number of hydrogen-bond donors (Lipinski definition) is 2. The van der Waals surface area contributed by atoms with Crippen LogP contribution in [0.5, 0.6) is 0 Å². The summed E-state index contributed by atoms with van der Waals surface area (Å²) in [6.07, 6.45) is 0. The van der Waals surface area contributed by atoms with Gasteiger partial charge in [0, 0.05) is 0 Å². The van der Waals surface area contributed by atoms with E-state index in [1.807, 2.05) is 26.0 Å². The summed E-state index contributed by atoms with van der Waals surface area (Å²) in [6.45, 7) is 7.82. The van der Waals surface area contributed by atoms with Crippen LogP contribution in [0, 0.1) is 13.8 Å². The lowest BCUT2D eigenvalue weighted by Gasteiger charge is -2.00. The Labute approximate surface area is 128 Å². The normalized spacial score (nSPS) is 10.5. The van der Waals surface area contributed by atoms with Crippen LogP contribution in [-0.2, 0) is 9.47 Å². The van der Waals surface area contributed by atoms with E-state index in [1.54, 1.807) is 13.8 Å². The molecule has 0 spiro atoms. The second-order valence-electron chi connectivity index (χ2n) is 4.92. The molecule has 6 heteroatoms. The van der Waals surface area contributed by atoms with Crippen LogP contribution in [-0.4, -0.2) is 35.1 Å². The lowest BCUT2D eigenvalue weighted by molar-refractivity contribution is 0.0509. The molecular weight excluding hydrogens is 284 g/mol. The van der Waals surface area contributed by atoms with E-state index in [1.165, 1.54) is 0 Å². The molecule has 2 rings (SSSR count). The van der Waals surface area contributed by atoms with E-state index in [0.717, 1.165) is 22.5 Å². The van der Waals surface area contributed by atoms with Gasteiger partial charge in [0.05, 0.1) is 24.6 Å². The van der Waals surface area contributed by atoms with Gasteiger partial charge in [0.25, 0.3) is 0 Å². The Morgan fingerprint density at radius 1 is 0.864 bits per heavy atom. The third-order valence-corrected chi connectivity index (χ3v) is 3.28. The standard InChI is InChI=1S/C16H20N2O4/c1-5-21-15(19)13-9(3)7-11(17-13)12-8-10(4)14(18-12)16(20)22-6-2/h7-8,17-18H,5-6H2,1-4H3. The molecule has 118 valence electrons. The highest BCUT2D eigenvalue weighted by atomic mass is 16.5. The number of aryl methyl sites for hydroxylation is 2. The second kappa shape index (κ2) is 6.51. The molecule has 2 aromatic rings. The Kier molecular flexibility index (Phi) is 4.70. The van der Waals surface area contributed by atoms with Gasteiger partial charge in [-0.2, -0.15) is 0 Å². The highest BCUT2D eigenvalue weighted by Crippen LogP contribution is 2.24. The van der Waals surface area contributed by atoms with Crippen molar-refractivity contribution in [2.75, 3.05) is 13.2 Å². The van der Waals surface area contributed by atoms with Gasteiger partial charge in [-0.3, -0.25) is 0 Å². The number of aromatic amines is 2. The van der Waals surface area contributed by atoms with Crippen LogP contribution in [0.25, 0.3) is 11.4 Å². The van der Waals surface area contributed by atoms with Crippen LogP contribution in [0.3, 0.4) is 0 Å². The van der Waals surface area contributed by atoms with Gasteiger partial charge in [-0.05, 0) is 51.0 Å². The fourth-order valence-electron chi connectivity index (χ4n) is 2.24. The van der Waals surface area contributed by atoms with Gasteiger partial charge in [0.1, 0.15) is 11.4 Å². The molecule has 2 N–H and O–H groups in total. The SMILES string of the molecule is CCOC(=O)c1[nH]c(-c2cc(C)c(C(=O)OCC)[nH]2)cc1C. The molecule has 0 saturated heterocycles. The summed E-state index contributed by atoms with van der Waals surface area (Å²) in [4.78, 5) is 29.7. The molecule has 0 aliphatic heterocycles. The molecule has 0 saturated carbocycles. The number of esters is 2. The first-order valence-electron chi connectivity index (χ1n) is 7.21. The second-order valence-corrected chi connectivity index (χ2v) is 4.92. The summed E-state index contributed by atoms with van der Waals surface area (Å²) in [5.74, 6) is -0.778. The molecule has 0 fully saturated rings. The number of ether oxygens (including phenoxy) is 2. The smallest absolute Gasteiger partial charge is 0.355 e. The van der Waals surface area contributed by atoms with Crippen molar-refractivity contribution >= 4 is 11.9 Å². The third kappa shape index (κ3) is 3.05. The molecule has 6 nitrogen and oxygen atoms in total. The molecule has 0 aliphatic rings. The summed E-state index contributed by atoms with van der Waals surface area (Å²) in [5, 5.41) is 0. The van der Waals surface area contributed by atoms with Crippen molar-refractivity contribution in [2.24, 2.45) is 0 Å². The maximum absolute atomic E-state index is 11.8. The lowest BCUT2D eigenvalue weighted by atomic mass is 10.2. The largest absolute Gasteiger partial charge is 0.461 e. The predicted molar refractivity (Wildman–Crippen MR) is 82.0 cm³/mol. The average Bonchev–Trinajstić information content (AvgIpc) is 3.02. The molecule has 0 radical (unpaired) electrons. The number of carbonyl (C=O) groups excluding carboxylic acids is 2. The number of rotatable bonds is 5. The molecule has 0 amide bonds. The zero-order chi connectivity index (χ0) is 16.3. The maximum Gasteiger partial charge on any atom is 0.355 e. The van der Waals surface area contributed by atoms with Gasteiger partial charge in [0.2, 0.25) is 0 Å². The van der Waals surface area contributed by atoms with Crippen molar-refractivity contribution in [1.82, 2.24) is 9.97 Å². The summed E-state index contributed by atoms with van der Waals surface area (Å²) < 4.78 is 10.0. The van der Waals surface area contributed by atoms with E-state index in [-0.39, 0.29) is 11.9 Å². The molecule has 22 heavy (non-hydrogen) atoms. The molecule has 0 bridgehead atoms. The number of aromatic nitrogens is 2. The number of hydrogen-bond acceptors (Lipinski definition) is 4. The molecule has 2 aromatic heterocycles. The zero-order valence-corrected chi connectivity index (χ0v) is 13.2. The quantitative estimate of drug-likeness (QED) is 0.832. The minimum Gasteiger partial charge on any atom is -0.461 e. The van der Waals surface area contributed by atoms with Crippen molar-refractivity contribution in [3.63, 3.8) is 0 Å². The van der Waals surface area contributed by atoms with E-state index in [2.05, 4.69) is 9.97 Å². The Bertz CT molecular complexity index is 637. The van der Waals surface area contributed by atoms with Crippen LogP contribution in [0.4, 0.5) is 0 Å². The van der Waals surface area contributed by atoms with Crippen LogP contribution < -0.4 is 0 Å². The van der Waals surface area contributed by atoms with Crippen LogP contribution >= 0.6 is 0 Å². The van der Waals surface area contributed by atoms with Gasteiger partial charge in [-0.1, -0.05) is 0 Å². The minimum atomic E-state index is -0.389. The Morgan fingerprint density at radius 3 is 1.55 bits per heavy atom. The lowest BCUT2D eigenvalue weighted by Crippen LogP contribution is -2.06. The minimum absolute atomic E-state index is 0.321. The molecule has 2 heterocycles. The zero-order valence-electron chi connectivity index (χ0n) is 13.2. The van der Waals surface area contributed by atoms with E-state index in [9.17, 15) is 9.59 Å². The highest BCUT2D eigenvalue weighted by Gasteiger charge is 2.18. The summed E-state index contributed by atoms with van der Waals surface area (Å²) in [6, 6.07) is 3.68. The van der Waals surface area contributed by atoms with Gasteiger partial charge in [-0.15, -0.1) is 0 Å². The van der Waals surface area contributed by atoms with E-state index < -0.39 is 0 Å². The summed E-state index contributed by atoms with van der Waals surface area (Å²) >= 11 is 0. The van der Waals surface area contributed by atoms with Crippen LogP contribution in [0.1, 0.15) is 46.0 Å². The number of carbonyl (C=O) groups is 2. The Balaban J connectivity index is 2.33. The van der Waals surface area contributed by atoms with Gasteiger partial charge >= 0.3 is 11.9 Å². The molecule has 0 aliphatic carbocycles. The number of nitrogens with one attached hydrogen (secondary N) is 2.